The van der Waals surface area contributed by atoms with Crippen LogP contribution in [0.1, 0.15) is 25.8 Å². The first-order chi connectivity index (χ1) is 8.11. The summed E-state index contributed by atoms with van der Waals surface area (Å²) in [6.45, 7) is 8.78. The zero-order valence-electron chi connectivity index (χ0n) is 10.5. The quantitative estimate of drug-likeness (QED) is 0.501. The Hall–Kier alpha value is -0.930. The molecule has 3 heteroatoms. The van der Waals surface area contributed by atoms with E-state index in [2.05, 4.69) is 43.3 Å². The molecule has 0 fully saturated rings. The van der Waals surface area contributed by atoms with Crippen molar-refractivity contribution in [2.45, 2.75) is 37.2 Å². The van der Waals surface area contributed by atoms with Crippen LogP contribution in [0.3, 0.4) is 0 Å². The minimum atomic E-state index is -0.0251. The average Bonchev–Trinajstić information content (AvgIpc) is 2.29. The van der Waals surface area contributed by atoms with Gasteiger partial charge in [0.15, 0.2) is 0 Å². The van der Waals surface area contributed by atoms with Crippen LogP contribution in [0, 0.1) is 0 Å². The molecule has 1 aromatic rings. The van der Waals surface area contributed by atoms with Crippen molar-refractivity contribution < 1.29 is 4.74 Å². The third-order valence-electron chi connectivity index (χ3n) is 2.83. The molecule has 0 spiro atoms. The zero-order chi connectivity index (χ0) is 12.3. The molecule has 1 heterocycles. The van der Waals surface area contributed by atoms with E-state index in [0.717, 1.165) is 25.1 Å². The van der Waals surface area contributed by atoms with Gasteiger partial charge in [0.05, 0.1) is 0 Å². The second-order valence-electron chi connectivity index (χ2n) is 4.87. The highest BCUT2D eigenvalue weighted by molar-refractivity contribution is 7.97. The smallest absolute Gasteiger partial charge is 0.123 e. The molecule has 0 aliphatic carbocycles. The van der Waals surface area contributed by atoms with Gasteiger partial charge < -0.3 is 4.74 Å². The molecule has 0 unspecified atom stereocenters. The fraction of sp³-hybridized carbons (Fsp3) is 0.429. The van der Waals surface area contributed by atoms with Crippen LogP contribution in [-0.2, 0) is 6.42 Å². The van der Waals surface area contributed by atoms with E-state index in [1.54, 1.807) is 11.9 Å². The summed E-state index contributed by atoms with van der Waals surface area (Å²) in [6, 6.07) is 6.39. The van der Waals surface area contributed by atoms with Gasteiger partial charge in [0.25, 0.3) is 0 Å². The van der Waals surface area contributed by atoms with Crippen LogP contribution in [0.15, 0.2) is 35.7 Å². The lowest BCUT2D eigenvalue weighted by atomic mass is 9.94. The number of aryl methyl sites for hydroxylation is 1. The van der Waals surface area contributed by atoms with Crippen molar-refractivity contribution in [1.29, 1.82) is 0 Å². The lowest BCUT2D eigenvalue weighted by Crippen LogP contribution is -2.32. The van der Waals surface area contributed by atoms with Crippen molar-refractivity contribution in [3.8, 4) is 5.75 Å². The van der Waals surface area contributed by atoms with E-state index in [1.807, 2.05) is 6.08 Å². The number of benzene rings is 1. The summed E-state index contributed by atoms with van der Waals surface area (Å²) in [5.41, 5.74) is 1.29. The number of rotatable bonds is 4. The van der Waals surface area contributed by atoms with Crippen LogP contribution in [0.4, 0.5) is 0 Å². The van der Waals surface area contributed by atoms with E-state index < -0.39 is 0 Å². The standard InChI is InChI=1S/C14H19NOS/c1-4-9-15-17-12-5-6-13-11(10-12)7-8-14(2,3)16-13/h4-6,10,15H,1,7-9H2,2-3H3. The van der Waals surface area contributed by atoms with Crippen LogP contribution >= 0.6 is 11.9 Å². The maximum absolute atomic E-state index is 5.95. The molecule has 2 rings (SSSR count). The van der Waals surface area contributed by atoms with Gasteiger partial charge in [-0.3, -0.25) is 4.72 Å². The molecular formula is C14H19NOS. The van der Waals surface area contributed by atoms with Gasteiger partial charge in [-0.2, -0.15) is 0 Å². The van der Waals surface area contributed by atoms with Gasteiger partial charge in [-0.05, 0) is 62.4 Å². The van der Waals surface area contributed by atoms with Gasteiger partial charge in [0, 0.05) is 11.4 Å². The predicted octanol–water partition coefficient (Wildman–Crippen LogP) is 3.57. The van der Waals surface area contributed by atoms with Crippen molar-refractivity contribution in [2.24, 2.45) is 0 Å². The zero-order valence-corrected chi connectivity index (χ0v) is 11.3. The highest BCUT2D eigenvalue weighted by atomic mass is 32.2. The molecule has 0 aromatic heterocycles. The number of hydrogen-bond donors (Lipinski definition) is 1. The first-order valence-electron chi connectivity index (χ1n) is 5.93. The van der Waals surface area contributed by atoms with E-state index >= 15 is 0 Å². The van der Waals surface area contributed by atoms with Gasteiger partial charge in [-0.25, -0.2) is 0 Å². The van der Waals surface area contributed by atoms with Crippen LogP contribution < -0.4 is 9.46 Å². The molecule has 1 aliphatic heterocycles. The van der Waals surface area contributed by atoms with E-state index in [9.17, 15) is 0 Å². The van der Waals surface area contributed by atoms with E-state index in [0.29, 0.717) is 0 Å². The third-order valence-corrected chi connectivity index (χ3v) is 3.63. The van der Waals surface area contributed by atoms with E-state index in [4.69, 9.17) is 4.74 Å². The molecule has 92 valence electrons. The lowest BCUT2D eigenvalue weighted by Gasteiger charge is -2.32. The van der Waals surface area contributed by atoms with Gasteiger partial charge in [0.1, 0.15) is 11.4 Å². The Morgan fingerprint density at radius 1 is 1.53 bits per heavy atom. The Morgan fingerprint density at radius 3 is 3.12 bits per heavy atom. The predicted molar refractivity (Wildman–Crippen MR) is 73.5 cm³/mol. The molecule has 1 aromatic carbocycles. The van der Waals surface area contributed by atoms with E-state index in [-0.39, 0.29) is 5.60 Å². The lowest BCUT2D eigenvalue weighted by molar-refractivity contribution is 0.0845. The minimum absolute atomic E-state index is 0.0251. The molecule has 0 atom stereocenters. The SMILES string of the molecule is C=CCNSc1ccc2c(c1)CCC(C)(C)O2. The first-order valence-corrected chi connectivity index (χ1v) is 6.75. The summed E-state index contributed by atoms with van der Waals surface area (Å²) >= 11 is 1.64. The van der Waals surface area contributed by atoms with Crippen molar-refractivity contribution in [3.05, 3.63) is 36.4 Å². The summed E-state index contributed by atoms with van der Waals surface area (Å²) in [5.74, 6) is 1.04. The highest BCUT2D eigenvalue weighted by Crippen LogP contribution is 2.34. The van der Waals surface area contributed by atoms with Gasteiger partial charge in [-0.1, -0.05) is 6.08 Å². The summed E-state index contributed by atoms with van der Waals surface area (Å²) in [5, 5.41) is 0. The molecule has 0 amide bonds. The number of nitrogens with one attached hydrogen (secondary N) is 1. The van der Waals surface area contributed by atoms with Crippen LogP contribution in [0.2, 0.25) is 0 Å². The highest BCUT2D eigenvalue weighted by Gasteiger charge is 2.26. The van der Waals surface area contributed by atoms with Gasteiger partial charge in [-0.15, -0.1) is 6.58 Å². The van der Waals surface area contributed by atoms with Crippen molar-refractivity contribution in [2.75, 3.05) is 6.54 Å². The fourth-order valence-corrected chi connectivity index (χ4v) is 2.59. The molecule has 1 N–H and O–H groups in total. The Morgan fingerprint density at radius 2 is 2.35 bits per heavy atom. The summed E-state index contributed by atoms with van der Waals surface area (Å²) in [7, 11) is 0. The maximum atomic E-state index is 5.95. The normalized spacial score (nSPS) is 17.1. The van der Waals surface area contributed by atoms with Crippen molar-refractivity contribution in [3.63, 3.8) is 0 Å². The molecule has 2 nitrogen and oxygen atoms in total. The molecule has 0 saturated carbocycles. The maximum Gasteiger partial charge on any atom is 0.123 e. The van der Waals surface area contributed by atoms with Crippen molar-refractivity contribution in [1.82, 2.24) is 4.72 Å². The number of hydrogen-bond acceptors (Lipinski definition) is 3. The van der Waals surface area contributed by atoms with Crippen LogP contribution in [0.5, 0.6) is 5.75 Å². The Balaban J connectivity index is 2.07. The van der Waals surface area contributed by atoms with E-state index in [1.165, 1.54) is 10.5 Å². The van der Waals surface area contributed by atoms with Gasteiger partial charge >= 0.3 is 0 Å². The van der Waals surface area contributed by atoms with Gasteiger partial charge in [0.2, 0.25) is 0 Å². The van der Waals surface area contributed by atoms with Crippen LogP contribution in [0.25, 0.3) is 0 Å². The van der Waals surface area contributed by atoms with Crippen LogP contribution in [-0.4, -0.2) is 12.1 Å². The second kappa shape index (κ2) is 5.15. The third kappa shape index (κ3) is 3.27. The molecule has 0 radical (unpaired) electrons. The summed E-state index contributed by atoms with van der Waals surface area (Å²) in [4.78, 5) is 1.23. The Bertz CT molecular complexity index is 415. The monoisotopic (exact) mass is 249 g/mol. The molecule has 1 aliphatic rings. The summed E-state index contributed by atoms with van der Waals surface area (Å²) < 4.78 is 9.19. The largest absolute Gasteiger partial charge is 0.488 e. The molecule has 0 saturated heterocycles. The average molecular weight is 249 g/mol. The Labute approximate surface area is 108 Å². The second-order valence-corrected chi connectivity index (χ2v) is 5.83. The number of ether oxygens (including phenoxy) is 1. The molecular weight excluding hydrogens is 230 g/mol. The molecule has 0 bridgehead atoms. The minimum Gasteiger partial charge on any atom is -0.488 e. The summed E-state index contributed by atoms with van der Waals surface area (Å²) in [6.07, 6.45) is 4.03. The first kappa shape index (κ1) is 12.5. The molecule has 17 heavy (non-hydrogen) atoms. The topological polar surface area (TPSA) is 21.3 Å². The number of fused-ring (bicyclic) bond motifs is 1. The fourth-order valence-electron chi connectivity index (χ4n) is 1.88. The van der Waals surface area contributed by atoms with Crippen molar-refractivity contribution >= 4 is 11.9 Å². The Kier molecular flexibility index (Phi) is 3.79.